The van der Waals surface area contributed by atoms with E-state index in [-0.39, 0.29) is 11.9 Å². The maximum atomic E-state index is 13.4. The number of nitrogens with one attached hydrogen (secondary N) is 1. The van der Waals surface area contributed by atoms with E-state index in [1.165, 1.54) is 12.1 Å². The van der Waals surface area contributed by atoms with E-state index in [0.717, 1.165) is 22.3 Å². The third-order valence-electron chi connectivity index (χ3n) is 3.11. The van der Waals surface area contributed by atoms with E-state index in [1.54, 1.807) is 18.5 Å². The minimum absolute atomic E-state index is 0.255. The van der Waals surface area contributed by atoms with Crippen molar-refractivity contribution in [3.63, 3.8) is 0 Å². The minimum atomic E-state index is -0.266. The first-order valence-corrected chi connectivity index (χ1v) is 5.76. The molecule has 3 N–H and O–H groups in total. The third-order valence-corrected chi connectivity index (χ3v) is 3.11. The molecule has 0 bridgehead atoms. The van der Waals surface area contributed by atoms with Crippen LogP contribution in [0.3, 0.4) is 0 Å². The molecule has 0 radical (unpaired) electrons. The summed E-state index contributed by atoms with van der Waals surface area (Å²) in [6, 6.07) is 6.36. The second kappa shape index (κ2) is 5.25. The number of hydrogen-bond acceptors (Lipinski definition) is 3. The van der Waals surface area contributed by atoms with E-state index in [1.807, 2.05) is 19.9 Å². The van der Waals surface area contributed by atoms with Crippen LogP contribution < -0.4 is 11.3 Å². The zero-order chi connectivity index (χ0) is 13.1. The van der Waals surface area contributed by atoms with E-state index in [0.29, 0.717) is 0 Å². The highest BCUT2D eigenvalue weighted by molar-refractivity contribution is 5.39. The van der Waals surface area contributed by atoms with Gasteiger partial charge in [-0.1, -0.05) is 6.07 Å². The molecular formula is C14H16FN3. The van der Waals surface area contributed by atoms with Gasteiger partial charge in [-0.2, -0.15) is 0 Å². The number of nitrogens with zero attached hydrogens (tertiary/aromatic N) is 1. The Morgan fingerprint density at radius 2 is 1.89 bits per heavy atom. The molecular weight excluding hydrogens is 229 g/mol. The van der Waals surface area contributed by atoms with Gasteiger partial charge in [0.1, 0.15) is 5.82 Å². The monoisotopic (exact) mass is 245 g/mol. The van der Waals surface area contributed by atoms with E-state index in [9.17, 15) is 4.39 Å². The molecule has 3 nitrogen and oxygen atoms in total. The van der Waals surface area contributed by atoms with Crippen molar-refractivity contribution < 1.29 is 4.39 Å². The van der Waals surface area contributed by atoms with Crippen LogP contribution in [0.5, 0.6) is 0 Å². The standard InChI is InChI=1S/C14H16FN3/c1-9-3-4-11(15)7-12(9)14(18-16)13-8-17-6-5-10(13)2/h3-8,14,18H,16H2,1-2H3. The molecule has 4 heteroatoms. The highest BCUT2D eigenvalue weighted by Gasteiger charge is 2.17. The Kier molecular flexibility index (Phi) is 3.69. The zero-order valence-electron chi connectivity index (χ0n) is 10.4. The van der Waals surface area contributed by atoms with E-state index in [4.69, 9.17) is 5.84 Å². The molecule has 0 spiro atoms. The molecule has 94 valence electrons. The number of aryl methyl sites for hydroxylation is 2. The van der Waals surface area contributed by atoms with Crippen molar-refractivity contribution in [2.24, 2.45) is 5.84 Å². The summed E-state index contributed by atoms with van der Waals surface area (Å²) < 4.78 is 13.4. The molecule has 0 aliphatic carbocycles. The second-order valence-corrected chi connectivity index (χ2v) is 4.33. The molecule has 1 atom stereocenters. The quantitative estimate of drug-likeness (QED) is 0.645. The Morgan fingerprint density at radius 3 is 2.56 bits per heavy atom. The fourth-order valence-electron chi connectivity index (χ4n) is 2.05. The van der Waals surface area contributed by atoms with Crippen molar-refractivity contribution >= 4 is 0 Å². The molecule has 0 saturated carbocycles. The SMILES string of the molecule is Cc1ccncc1C(NN)c1cc(F)ccc1C. The van der Waals surface area contributed by atoms with Crippen LogP contribution in [0.1, 0.15) is 28.3 Å². The van der Waals surface area contributed by atoms with Crippen molar-refractivity contribution in [1.29, 1.82) is 0 Å². The van der Waals surface area contributed by atoms with Crippen LogP contribution in [0.4, 0.5) is 4.39 Å². The number of benzene rings is 1. The third kappa shape index (κ3) is 2.39. The first-order chi connectivity index (χ1) is 8.63. The van der Waals surface area contributed by atoms with Gasteiger partial charge in [0.15, 0.2) is 0 Å². The van der Waals surface area contributed by atoms with Gasteiger partial charge < -0.3 is 0 Å². The molecule has 1 aromatic carbocycles. The lowest BCUT2D eigenvalue weighted by atomic mass is 9.94. The Bertz CT molecular complexity index is 554. The number of pyridine rings is 1. The van der Waals surface area contributed by atoms with Gasteiger partial charge in [-0.25, -0.2) is 9.82 Å². The summed E-state index contributed by atoms with van der Waals surface area (Å²) in [5, 5.41) is 0. The molecule has 0 aliphatic rings. The summed E-state index contributed by atoms with van der Waals surface area (Å²) in [6.07, 6.45) is 3.48. The van der Waals surface area contributed by atoms with Crippen LogP contribution >= 0.6 is 0 Å². The van der Waals surface area contributed by atoms with Crippen molar-refractivity contribution in [2.45, 2.75) is 19.9 Å². The summed E-state index contributed by atoms with van der Waals surface area (Å²) in [6.45, 7) is 3.92. The number of hydrazine groups is 1. The number of hydrogen-bond donors (Lipinski definition) is 2. The summed E-state index contributed by atoms with van der Waals surface area (Å²) in [5.74, 6) is 5.36. The highest BCUT2D eigenvalue weighted by atomic mass is 19.1. The Hall–Kier alpha value is -1.78. The van der Waals surface area contributed by atoms with Crippen molar-refractivity contribution in [3.8, 4) is 0 Å². The molecule has 1 heterocycles. The average molecular weight is 245 g/mol. The fraction of sp³-hybridized carbons (Fsp3) is 0.214. The first-order valence-electron chi connectivity index (χ1n) is 5.76. The average Bonchev–Trinajstić information content (AvgIpc) is 2.36. The zero-order valence-corrected chi connectivity index (χ0v) is 10.4. The summed E-state index contributed by atoms with van der Waals surface area (Å²) in [4.78, 5) is 4.10. The van der Waals surface area contributed by atoms with Gasteiger partial charge in [-0.3, -0.25) is 10.8 Å². The van der Waals surface area contributed by atoms with Crippen molar-refractivity contribution in [2.75, 3.05) is 0 Å². The van der Waals surface area contributed by atoms with Crippen LogP contribution in [-0.2, 0) is 0 Å². The molecule has 1 unspecified atom stereocenters. The second-order valence-electron chi connectivity index (χ2n) is 4.33. The van der Waals surface area contributed by atoms with E-state index in [2.05, 4.69) is 10.4 Å². The predicted octanol–water partition coefficient (Wildman–Crippen LogP) is 2.39. The van der Waals surface area contributed by atoms with Crippen LogP contribution in [0, 0.1) is 19.7 Å². The first kappa shape index (κ1) is 12.7. The van der Waals surface area contributed by atoms with Gasteiger partial charge in [-0.15, -0.1) is 0 Å². The number of halogens is 1. The maximum Gasteiger partial charge on any atom is 0.123 e. The number of nitrogens with two attached hydrogens (primary N) is 1. The molecule has 2 aromatic rings. The van der Waals surface area contributed by atoms with Gasteiger partial charge in [0, 0.05) is 12.4 Å². The molecule has 18 heavy (non-hydrogen) atoms. The fourth-order valence-corrected chi connectivity index (χ4v) is 2.05. The Morgan fingerprint density at radius 1 is 1.17 bits per heavy atom. The smallest absolute Gasteiger partial charge is 0.123 e. The lowest BCUT2D eigenvalue weighted by Crippen LogP contribution is -2.30. The van der Waals surface area contributed by atoms with E-state index < -0.39 is 0 Å². The molecule has 1 aromatic heterocycles. The predicted molar refractivity (Wildman–Crippen MR) is 69.3 cm³/mol. The van der Waals surface area contributed by atoms with Crippen LogP contribution in [0.15, 0.2) is 36.7 Å². The lowest BCUT2D eigenvalue weighted by molar-refractivity contribution is 0.600. The number of aromatic nitrogens is 1. The van der Waals surface area contributed by atoms with Gasteiger partial charge in [0.2, 0.25) is 0 Å². The van der Waals surface area contributed by atoms with Gasteiger partial charge in [-0.05, 0) is 54.3 Å². The normalized spacial score (nSPS) is 12.4. The Balaban J connectivity index is 2.52. The minimum Gasteiger partial charge on any atom is -0.271 e. The largest absolute Gasteiger partial charge is 0.271 e. The van der Waals surface area contributed by atoms with Crippen LogP contribution in [-0.4, -0.2) is 4.98 Å². The van der Waals surface area contributed by atoms with Gasteiger partial charge in [0.05, 0.1) is 6.04 Å². The highest BCUT2D eigenvalue weighted by Crippen LogP contribution is 2.26. The maximum absolute atomic E-state index is 13.4. The van der Waals surface area contributed by atoms with E-state index >= 15 is 0 Å². The summed E-state index contributed by atoms with van der Waals surface area (Å²) in [5.41, 5.74) is 6.57. The molecule has 0 fully saturated rings. The molecule has 0 amide bonds. The van der Waals surface area contributed by atoms with Gasteiger partial charge >= 0.3 is 0 Å². The topological polar surface area (TPSA) is 50.9 Å². The molecule has 2 rings (SSSR count). The van der Waals surface area contributed by atoms with Crippen LogP contribution in [0.25, 0.3) is 0 Å². The lowest BCUT2D eigenvalue weighted by Gasteiger charge is -2.20. The number of rotatable bonds is 3. The van der Waals surface area contributed by atoms with Gasteiger partial charge in [0.25, 0.3) is 0 Å². The summed E-state index contributed by atoms with van der Waals surface area (Å²) >= 11 is 0. The van der Waals surface area contributed by atoms with Crippen molar-refractivity contribution in [1.82, 2.24) is 10.4 Å². The molecule has 0 aliphatic heterocycles. The molecule has 0 saturated heterocycles. The summed E-state index contributed by atoms with van der Waals surface area (Å²) in [7, 11) is 0. The van der Waals surface area contributed by atoms with Crippen LogP contribution in [0.2, 0.25) is 0 Å². The Labute approximate surface area is 106 Å². The van der Waals surface area contributed by atoms with Crippen molar-refractivity contribution in [3.05, 3.63) is 64.7 Å².